The topological polar surface area (TPSA) is 52.6 Å². The number of azo groups is 2. The lowest BCUT2D eigenvalue weighted by Gasteiger charge is -2.23. The molecule has 160 valence electrons. The highest BCUT2D eigenvalue weighted by molar-refractivity contribution is 6.10. The summed E-state index contributed by atoms with van der Waals surface area (Å²) in [5.41, 5.74) is 5.69. The quantitative estimate of drug-likeness (QED) is 0.551. The van der Waals surface area contributed by atoms with Gasteiger partial charge < -0.3 is 9.64 Å². The van der Waals surface area contributed by atoms with E-state index >= 15 is 0 Å². The van der Waals surface area contributed by atoms with Gasteiger partial charge in [-0.3, -0.25) is 0 Å². The fourth-order valence-electron chi connectivity index (χ4n) is 3.96. The highest BCUT2D eigenvalue weighted by Crippen LogP contribution is 2.27. The van der Waals surface area contributed by atoms with Gasteiger partial charge in [0, 0.05) is 18.8 Å². The van der Waals surface area contributed by atoms with Crippen LogP contribution in [0.4, 0.5) is 5.69 Å². The first kappa shape index (κ1) is 21.0. The van der Waals surface area contributed by atoms with E-state index in [9.17, 15) is 0 Å². The van der Waals surface area contributed by atoms with Crippen molar-refractivity contribution in [2.45, 2.75) is 33.6 Å². The molecule has 0 saturated heterocycles. The fourth-order valence-corrected chi connectivity index (χ4v) is 3.96. The summed E-state index contributed by atoms with van der Waals surface area (Å²) in [7, 11) is 1.66. The van der Waals surface area contributed by atoms with Crippen LogP contribution in [0.3, 0.4) is 0 Å². The van der Waals surface area contributed by atoms with Crippen molar-refractivity contribution in [1.29, 1.82) is 0 Å². The Morgan fingerprint density at radius 3 is 2.65 bits per heavy atom. The summed E-state index contributed by atoms with van der Waals surface area (Å²) in [6.07, 6.45) is 4.61. The van der Waals surface area contributed by atoms with E-state index in [4.69, 9.17) is 4.74 Å². The van der Waals surface area contributed by atoms with E-state index in [2.05, 4.69) is 65.3 Å². The van der Waals surface area contributed by atoms with E-state index < -0.39 is 0 Å². The Bertz CT molecular complexity index is 1100. The van der Waals surface area contributed by atoms with E-state index in [0.717, 1.165) is 35.8 Å². The Labute approximate surface area is 184 Å². The second kappa shape index (κ2) is 9.25. The molecule has 0 fully saturated rings. The zero-order valence-electron chi connectivity index (χ0n) is 18.8. The Morgan fingerprint density at radius 2 is 1.90 bits per heavy atom. The first-order valence-electron chi connectivity index (χ1n) is 11.0. The first-order valence-corrected chi connectivity index (χ1v) is 11.0. The summed E-state index contributed by atoms with van der Waals surface area (Å²) in [6, 6.07) is 14.5. The van der Waals surface area contributed by atoms with Crippen LogP contribution in [0.5, 0.6) is 5.75 Å². The largest absolute Gasteiger partial charge is 0.496 e. The van der Waals surface area contributed by atoms with Crippen molar-refractivity contribution >= 4 is 23.4 Å². The molecule has 0 saturated carbocycles. The number of fused-ring (bicyclic) bond motifs is 1. The van der Waals surface area contributed by atoms with Crippen molar-refractivity contribution in [3.05, 3.63) is 64.7 Å². The molecule has 2 aliphatic rings. The zero-order chi connectivity index (χ0) is 21.8. The average molecular weight is 417 g/mol. The van der Waals surface area contributed by atoms with Crippen LogP contribution in [0.25, 0.3) is 6.08 Å². The molecule has 31 heavy (non-hydrogen) atoms. The number of amidine groups is 2. The van der Waals surface area contributed by atoms with E-state index in [1.165, 1.54) is 29.7 Å². The standard InChI is InChI=1S/C25H30N5O/c1-5-7-14-29(6-2)21-13-12-19(18(3)15-21)16-20-17-26-30-24(20)27-28-25(30)22-10-8-9-11-23(22)31-4/h8-13,15-16H,5-7,14,17H2,1-4H3/q+1/b20-16+. The van der Waals surface area contributed by atoms with Crippen LogP contribution in [0, 0.1) is 6.92 Å². The molecule has 0 aliphatic carbocycles. The molecule has 0 bridgehead atoms. The van der Waals surface area contributed by atoms with Crippen molar-refractivity contribution in [2.75, 3.05) is 31.6 Å². The van der Waals surface area contributed by atoms with Gasteiger partial charge in [-0.15, -0.1) is 5.11 Å². The Morgan fingerprint density at radius 1 is 1.10 bits per heavy atom. The maximum Gasteiger partial charge on any atom is 0.340 e. The summed E-state index contributed by atoms with van der Waals surface area (Å²) in [4.78, 5) is 2.44. The number of para-hydroxylation sites is 1. The summed E-state index contributed by atoms with van der Waals surface area (Å²) in [6.45, 7) is 9.33. The van der Waals surface area contributed by atoms with Crippen LogP contribution < -0.4 is 9.64 Å². The highest BCUT2D eigenvalue weighted by atomic mass is 16.5. The van der Waals surface area contributed by atoms with Crippen LogP contribution in [-0.4, -0.2) is 43.1 Å². The molecule has 0 atom stereocenters. The SMILES string of the molecule is CCCCN(CC)c1ccc(/C=C2\CN=[N+]3C2=NN=C3c2ccccc2OC)c(C)c1. The minimum Gasteiger partial charge on any atom is -0.496 e. The minimum atomic E-state index is 0.589. The molecule has 6 heteroatoms. The lowest BCUT2D eigenvalue weighted by atomic mass is 10.0. The monoisotopic (exact) mass is 416 g/mol. The Kier molecular flexibility index (Phi) is 6.26. The molecule has 0 aromatic heterocycles. The number of anilines is 1. The molecular weight excluding hydrogens is 386 g/mol. The van der Waals surface area contributed by atoms with Crippen molar-refractivity contribution in [3.8, 4) is 5.75 Å². The third-order valence-electron chi connectivity index (χ3n) is 5.77. The fraction of sp³-hybridized carbons (Fsp3) is 0.360. The van der Waals surface area contributed by atoms with E-state index in [-0.39, 0.29) is 0 Å². The number of methoxy groups -OCH3 is 1. The molecule has 0 amide bonds. The molecule has 2 aromatic rings. The number of hydrogen-bond acceptors (Lipinski definition) is 5. The van der Waals surface area contributed by atoms with E-state index in [0.29, 0.717) is 12.4 Å². The van der Waals surface area contributed by atoms with E-state index in [1.807, 2.05) is 29.0 Å². The summed E-state index contributed by atoms with van der Waals surface area (Å²) in [5.74, 6) is 2.26. The molecule has 0 spiro atoms. The molecule has 6 nitrogen and oxygen atoms in total. The van der Waals surface area contributed by atoms with Gasteiger partial charge in [0.05, 0.1) is 28.4 Å². The van der Waals surface area contributed by atoms with Crippen LogP contribution >= 0.6 is 0 Å². The number of ether oxygens (including phenoxy) is 1. The van der Waals surface area contributed by atoms with Crippen molar-refractivity contribution in [3.63, 3.8) is 0 Å². The third-order valence-corrected chi connectivity index (χ3v) is 5.77. The Hall–Kier alpha value is -3.28. The maximum absolute atomic E-state index is 5.49. The average Bonchev–Trinajstić information content (AvgIpc) is 3.39. The van der Waals surface area contributed by atoms with Crippen molar-refractivity contribution < 1.29 is 9.43 Å². The third kappa shape index (κ3) is 4.15. The number of unbranched alkanes of at least 4 members (excludes halogenated alkanes) is 1. The van der Waals surface area contributed by atoms with Crippen LogP contribution in [0.1, 0.15) is 43.4 Å². The van der Waals surface area contributed by atoms with Gasteiger partial charge in [-0.25, -0.2) is 0 Å². The van der Waals surface area contributed by atoms with Crippen LogP contribution in [0.2, 0.25) is 0 Å². The van der Waals surface area contributed by atoms with E-state index in [1.54, 1.807) is 7.11 Å². The second-order valence-corrected chi connectivity index (χ2v) is 7.80. The molecule has 0 radical (unpaired) electrons. The smallest absolute Gasteiger partial charge is 0.340 e. The van der Waals surface area contributed by atoms with Gasteiger partial charge in [0.15, 0.2) is 0 Å². The highest BCUT2D eigenvalue weighted by Gasteiger charge is 2.39. The molecule has 4 rings (SSSR count). The van der Waals surface area contributed by atoms with Crippen LogP contribution in [0.15, 0.2) is 63.4 Å². The van der Waals surface area contributed by atoms with Gasteiger partial charge in [0.25, 0.3) is 0 Å². The van der Waals surface area contributed by atoms with Crippen molar-refractivity contribution in [1.82, 2.24) is 0 Å². The number of hydrogen-bond donors (Lipinski definition) is 0. The lowest BCUT2D eigenvalue weighted by Crippen LogP contribution is -2.23. The molecule has 2 aromatic carbocycles. The van der Waals surface area contributed by atoms with Gasteiger partial charge in [-0.1, -0.05) is 36.2 Å². The number of benzene rings is 2. The summed E-state index contributed by atoms with van der Waals surface area (Å²) >= 11 is 0. The van der Waals surface area contributed by atoms with Gasteiger partial charge in [-0.2, -0.15) is 0 Å². The number of aryl methyl sites for hydroxylation is 1. The molecule has 2 aliphatic heterocycles. The molecular formula is C25H30N5O+. The lowest BCUT2D eigenvalue weighted by molar-refractivity contribution is -0.341. The number of rotatable bonds is 8. The molecule has 2 heterocycles. The zero-order valence-corrected chi connectivity index (χ0v) is 18.8. The summed E-state index contributed by atoms with van der Waals surface area (Å²) < 4.78 is 7.32. The first-order chi connectivity index (χ1) is 15.2. The predicted octanol–water partition coefficient (Wildman–Crippen LogP) is 5.27. The van der Waals surface area contributed by atoms with Crippen molar-refractivity contribution in [2.24, 2.45) is 15.3 Å². The predicted molar refractivity (Wildman–Crippen MR) is 126 cm³/mol. The molecule has 0 N–H and O–H groups in total. The number of nitrogens with zero attached hydrogens (tertiary/aromatic N) is 5. The maximum atomic E-state index is 5.49. The van der Waals surface area contributed by atoms with Gasteiger partial charge in [0.2, 0.25) is 0 Å². The second-order valence-electron chi connectivity index (χ2n) is 7.80. The Balaban J connectivity index is 1.55. The summed E-state index contributed by atoms with van der Waals surface area (Å²) in [5, 5.41) is 13.5. The van der Waals surface area contributed by atoms with Gasteiger partial charge in [0.1, 0.15) is 12.3 Å². The van der Waals surface area contributed by atoms with Crippen LogP contribution in [-0.2, 0) is 0 Å². The minimum absolute atomic E-state index is 0.589. The molecule has 0 unspecified atom stereocenters. The van der Waals surface area contributed by atoms with Gasteiger partial charge in [-0.05, 0) is 61.7 Å². The van der Waals surface area contributed by atoms with Gasteiger partial charge >= 0.3 is 11.7 Å². The normalized spacial score (nSPS) is 16.1.